The number of para-hydroxylation sites is 1. The Balaban J connectivity index is 1.75. The van der Waals surface area contributed by atoms with E-state index in [-0.39, 0.29) is 6.04 Å². The van der Waals surface area contributed by atoms with Crippen LogP contribution in [-0.2, 0) is 5.60 Å². The summed E-state index contributed by atoms with van der Waals surface area (Å²) in [7, 11) is 1.96. The fourth-order valence-electron chi connectivity index (χ4n) is 3.38. The summed E-state index contributed by atoms with van der Waals surface area (Å²) in [6.45, 7) is 0. The number of benzene rings is 2. The van der Waals surface area contributed by atoms with Gasteiger partial charge in [-0.1, -0.05) is 60.7 Å². The van der Waals surface area contributed by atoms with Gasteiger partial charge in [-0.3, -0.25) is 5.10 Å². The molecule has 3 aromatic rings. The topological polar surface area (TPSA) is 49.9 Å². The van der Waals surface area contributed by atoms with E-state index in [1.54, 1.807) is 0 Å². The van der Waals surface area contributed by atoms with E-state index in [2.05, 4.69) is 51.9 Å². The second-order valence-corrected chi connectivity index (χ2v) is 6.28. The van der Waals surface area contributed by atoms with Crippen LogP contribution in [0.2, 0.25) is 0 Å². The summed E-state index contributed by atoms with van der Waals surface area (Å²) in [6, 6.07) is 18.4. The standard InChI is InChI=1S/C22H21N3O/c1-23-21-9-5-6-14-22(21,26-20-7-3-2-4-8-20)19-12-10-17(11-13-19)18-15-24-25-16-18/h2-16,21,23H,1H3,(H,24,25). The molecule has 0 fully saturated rings. The van der Waals surface area contributed by atoms with Gasteiger partial charge < -0.3 is 10.1 Å². The summed E-state index contributed by atoms with van der Waals surface area (Å²) in [6.07, 6.45) is 12.1. The number of allylic oxidation sites excluding steroid dienone is 2. The quantitative estimate of drug-likeness (QED) is 0.734. The normalized spacial score (nSPS) is 21.7. The average Bonchev–Trinajstić information content (AvgIpc) is 3.24. The Morgan fingerprint density at radius 2 is 1.81 bits per heavy atom. The molecule has 1 aromatic heterocycles. The number of nitrogens with one attached hydrogen (secondary N) is 2. The predicted octanol–water partition coefficient (Wildman–Crippen LogP) is 4.07. The maximum absolute atomic E-state index is 6.54. The molecule has 1 aliphatic carbocycles. The molecule has 2 N–H and O–H groups in total. The number of aromatic amines is 1. The molecule has 0 saturated carbocycles. The van der Waals surface area contributed by atoms with Crippen LogP contribution in [0.25, 0.3) is 11.1 Å². The summed E-state index contributed by atoms with van der Waals surface area (Å²) < 4.78 is 6.54. The highest BCUT2D eigenvalue weighted by molar-refractivity contribution is 5.62. The molecule has 0 spiro atoms. The molecule has 4 nitrogen and oxygen atoms in total. The van der Waals surface area contributed by atoms with Crippen LogP contribution in [0.5, 0.6) is 5.75 Å². The van der Waals surface area contributed by atoms with E-state index in [4.69, 9.17) is 4.74 Å². The highest BCUT2D eigenvalue weighted by Gasteiger charge is 2.40. The number of aromatic nitrogens is 2. The minimum Gasteiger partial charge on any atom is -0.476 e. The van der Waals surface area contributed by atoms with Crippen LogP contribution in [0.1, 0.15) is 5.56 Å². The fourth-order valence-corrected chi connectivity index (χ4v) is 3.38. The van der Waals surface area contributed by atoms with Gasteiger partial charge in [-0.05, 0) is 30.8 Å². The SMILES string of the molecule is CNC1C=CC=CC1(Oc1ccccc1)c1ccc(-c2cn[nH]c2)cc1. The molecule has 0 saturated heterocycles. The van der Waals surface area contributed by atoms with Crippen molar-refractivity contribution in [1.82, 2.24) is 15.5 Å². The number of ether oxygens (including phenoxy) is 1. The zero-order chi connectivity index (χ0) is 17.8. The largest absolute Gasteiger partial charge is 0.476 e. The molecule has 26 heavy (non-hydrogen) atoms. The number of H-pyrrole nitrogens is 1. The van der Waals surface area contributed by atoms with E-state index in [1.165, 1.54) is 0 Å². The Kier molecular flexibility index (Phi) is 4.42. The van der Waals surface area contributed by atoms with Gasteiger partial charge in [-0.25, -0.2) is 0 Å². The Morgan fingerprint density at radius 3 is 2.50 bits per heavy atom. The van der Waals surface area contributed by atoms with Crippen molar-refractivity contribution in [1.29, 1.82) is 0 Å². The molecule has 1 aliphatic rings. The van der Waals surface area contributed by atoms with E-state index in [0.717, 1.165) is 22.4 Å². The second kappa shape index (κ2) is 7.02. The highest BCUT2D eigenvalue weighted by Crippen LogP contribution is 2.36. The number of hydrogen-bond donors (Lipinski definition) is 2. The van der Waals surface area contributed by atoms with Crippen molar-refractivity contribution >= 4 is 0 Å². The molecule has 0 radical (unpaired) electrons. The Bertz CT molecular complexity index is 898. The first-order chi connectivity index (χ1) is 12.8. The van der Waals surface area contributed by atoms with Crippen LogP contribution in [0, 0.1) is 0 Å². The van der Waals surface area contributed by atoms with Gasteiger partial charge in [0.15, 0.2) is 5.60 Å². The van der Waals surface area contributed by atoms with Crippen molar-refractivity contribution < 1.29 is 4.74 Å². The van der Waals surface area contributed by atoms with Crippen molar-refractivity contribution in [2.24, 2.45) is 0 Å². The lowest BCUT2D eigenvalue weighted by molar-refractivity contribution is 0.0919. The Hall–Kier alpha value is -3.11. The summed E-state index contributed by atoms with van der Waals surface area (Å²) in [5, 5.41) is 10.3. The number of hydrogen-bond acceptors (Lipinski definition) is 3. The third-order valence-electron chi connectivity index (χ3n) is 4.73. The van der Waals surface area contributed by atoms with Crippen molar-refractivity contribution in [2.75, 3.05) is 7.05 Å². The Labute approximate surface area is 153 Å². The van der Waals surface area contributed by atoms with Crippen molar-refractivity contribution in [2.45, 2.75) is 11.6 Å². The van der Waals surface area contributed by atoms with Gasteiger partial charge in [0.2, 0.25) is 0 Å². The lowest BCUT2D eigenvalue weighted by Gasteiger charge is -2.39. The van der Waals surface area contributed by atoms with Gasteiger partial charge >= 0.3 is 0 Å². The summed E-state index contributed by atoms with van der Waals surface area (Å²) in [5.74, 6) is 0.839. The Morgan fingerprint density at radius 1 is 1.00 bits per heavy atom. The van der Waals surface area contributed by atoms with E-state index in [9.17, 15) is 0 Å². The third-order valence-corrected chi connectivity index (χ3v) is 4.73. The molecular weight excluding hydrogens is 322 g/mol. The lowest BCUT2D eigenvalue weighted by atomic mass is 9.82. The van der Waals surface area contributed by atoms with Crippen molar-refractivity contribution in [3.63, 3.8) is 0 Å². The molecule has 0 aliphatic heterocycles. The average molecular weight is 343 g/mol. The van der Waals surface area contributed by atoms with E-state index in [0.29, 0.717) is 0 Å². The van der Waals surface area contributed by atoms with Crippen molar-refractivity contribution in [3.8, 4) is 16.9 Å². The summed E-state index contributed by atoms with van der Waals surface area (Å²) in [4.78, 5) is 0. The van der Waals surface area contributed by atoms with Crippen LogP contribution in [0.3, 0.4) is 0 Å². The first-order valence-corrected chi connectivity index (χ1v) is 8.69. The fraction of sp³-hybridized carbons (Fsp3) is 0.136. The summed E-state index contributed by atoms with van der Waals surface area (Å²) >= 11 is 0. The smallest absolute Gasteiger partial charge is 0.171 e. The van der Waals surface area contributed by atoms with Gasteiger partial charge in [0.25, 0.3) is 0 Å². The van der Waals surface area contributed by atoms with Gasteiger partial charge in [0.05, 0.1) is 12.2 Å². The molecule has 4 rings (SSSR count). The second-order valence-electron chi connectivity index (χ2n) is 6.28. The molecule has 0 bridgehead atoms. The van der Waals surface area contributed by atoms with E-state index < -0.39 is 5.60 Å². The van der Waals surface area contributed by atoms with Crippen LogP contribution >= 0.6 is 0 Å². The number of rotatable bonds is 5. The molecule has 0 amide bonds. The van der Waals surface area contributed by atoms with Crippen LogP contribution in [-0.4, -0.2) is 23.3 Å². The first kappa shape index (κ1) is 16.4. The van der Waals surface area contributed by atoms with Gasteiger partial charge in [0, 0.05) is 17.3 Å². The van der Waals surface area contributed by atoms with Gasteiger partial charge in [-0.15, -0.1) is 0 Å². The molecule has 2 aromatic carbocycles. The highest BCUT2D eigenvalue weighted by atomic mass is 16.5. The number of nitrogens with zero attached hydrogens (tertiary/aromatic N) is 1. The van der Waals surface area contributed by atoms with Crippen LogP contribution in [0.4, 0.5) is 0 Å². The molecule has 2 atom stereocenters. The van der Waals surface area contributed by atoms with E-state index in [1.807, 2.05) is 61.9 Å². The minimum absolute atomic E-state index is 0.0208. The van der Waals surface area contributed by atoms with Crippen LogP contribution < -0.4 is 10.1 Å². The molecule has 4 heteroatoms. The zero-order valence-electron chi connectivity index (χ0n) is 14.6. The van der Waals surface area contributed by atoms with E-state index >= 15 is 0 Å². The lowest BCUT2D eigenvalue weighted by Crippen LogP contribution is -2.49. The maximum atomic E-state index is 6.54. The van der Waals surface area contributed by atoms with Gasteiger partial charge in [-0.2, -0.15) is 5.10 Å². The molecular formula is C22H21N3O. The molecule has 130 valence electrons. The third kappa shape index (κ3) is 2.95. The van der Waals surface area contributed by atoms with Crippen molar-refractivity contribution in [3.05, 3.63) is 96.9 Å². The molecule has 2 unspecified atom stereocenters. The van der Waals surface area contributed by atoms with Gasteiger partial charge in [0.1, 0.15) is 5.75 Å². The van der Waals surface area contributed by atoms with Crippen LogP contribution in [0.15, 0.2) is 91.3 Å². The minimum atomic E-state index is -0.611. The first-order valence-electron chi connectivity index (χ1n) is 8.69. The monoisotopic (exact) mass is 343 g/mol. The summed E-state index contributed by atoms with van der Waals surface area (Å²) in [5.41, 5.74) is 2.67. The molecule has 1 heterocycles. The number of likely N-dealkylation sites (N-methyl/N-ethyl adjacent to an activating group) is 1. The zero-order valence-corrected chi connectivity index (χ0v) is 14.6. The maximum Gasteiger partial charge on any atom is 0.171 e. The predicted molar refractivity (Wildman–Crippen MR) is 104 cm³/mol.